The molecule has 4 nitrogen and oxygen atoms in total. The van der Waals surface area contributed by atoms with E-state index in [9.17, 15) is 4.79 Å². The third-order valence-corrected chi connectivity index (χ3v) is 5.18. The van der Waals surface area contributed by atoms with Crippen LogP contribution in [0.4, 0.5) is 4.79 Å². The second-order valence-electron chi connectivity index (χ2n) is 7.43. The molecule has 0 radical (unpaired) electrons. The van der Waals surface area contributed by atoms with Gasteiger partial charge in [0.1, 0.15) is 5.60 Å². The summed E-state index contributed by atoms with van der Waals surface area (Å²) in [6.45, 7) is 8.25. The van der Waals surface area contributed by atoms with Crippen LogP contribution in [0.5, 0.6) is 0 Å². The fraction of sp³-hybridized carbons (Fsp3) is 0.632. The monoisotopic (exact) mass is 316 g/mol. The van der Waals surface area contributed by atoms with E-state index in [4.69, 9.17) is 4.74 Å². The lowest BCUT2D eigenvalue weighted by Crippen LogP contribution is -2.35. The van der Waals surface area contributed by atoms with Crippen molar-refractivity contribution in [2.45, 2.75) is 51.2 Å². The van der Waals surface area contributed by atoms with Crippen molar-refractivity contribution in [1.29, 1.82) is 0 Å². The molecule has 1 atom stereocenters. The summed E-state index contributed by atoms with van der Waals surface area (Å²) in [5.74, 6) is 0.580. The standard InChI is InChI=1S/C19H28N2O2/c1-15(2)17-7-5-16(6-8-17)13-21-11-4-9-19(10-12-21)14-20(3)18(22)23-19/h5-8,15H,4,9-14H2,1-3H3. The first-order valence-corrected chi connectivity index (χ1v) is 8.73. The Bertz CT molecular complexity index is 555. The fourth-order valence-corrected chi connectivity index (χ4v) is 3.70. The molecule has 1 aromatic carbocycles. The molecule has 2 saturated heterocycles. The van der Waals surface area contributed by atoms with E-state index in [0.717, 1.165) is 45.4 Å². The summed E-state index contributed by atoms with van der Waals surface area (Å²) >= 11 is 0. The number of nitrogens with zero attached hydrogens (tertiary/aromatic N) is 2. The minimum atomic E-state index is -0.248. The van der Waals surface area contributed by atoms with Gasteiger partial charge in [0, 0.05) is 26.6 Å². The Kier molecular flexibility index (Phi) is 4.62. The number of hydrogen-bond donors (Lipinski definition) is 0. The minimum Gasteiger partial charge on any atom is -0.441 e. The SMILES string of the molecule is CC(C)c1ccc(CN2CCCC3(CC2)CN(C)C(=O)O3)cc1. The molecule has 4 heteroatoms. The highest BCUT2D eigenvalue weighted by molar-refractivity contribution is 5.70. The van der Waals surface area contributed by atoms with Crippen LogP contribution in [-0.2, 0) is 11.3 Å². The third-order valence-electron chi connectivity index (χ3n) is 5.18. The van der Waals surface area contributed by atoms with Crippen molar-refractivity contribution in [3.63, 3.8) is 0 Å². The van der Waals surface area contributed by atoms with Gasteiger partial charge in [0.25, 0.3) is 0 Å². The van der Waals surface area contributed by atoms with Crippen molar-refractivity contribution >= 4 is 6.09 Å². The molecule has 0 aromatic heterocycles. The summed E-state index contributed by atoms with van der Waals surface area (Å²) in [6.07, 6.45) is 2.84. The third kappa shape index (κ3) is 3.69. The first kappa shape index (κ1) is 16.3. The van der Waals surface area contributed by atoms with Gasteiger partial charge < -0.3 is 9.64 Å². The Balaban J connectivity index is 1.59. The Morgan fingerprint density at radius 1 is 1.17 bits per heavy atom. The number of carbonyl (C=O) groups excluding carboxylic acids is 1. The largest absolute Gasteiger partial charge is 0.441 e. The van der Waals surface area contributed by atoms with E-state index >= 15 is 0 Å². The minimum absolute atomic E-state index is 0.164. The second kappa shape index (κ2) is 6.52. The lowest BCUT2D eigenvalue weighted by molar-refractivity contribution is 0.0443. The molecular formula is C19H28N2O2. The molecule has 0 N–H and O–H groups in total. The van der Waals surface area contributed by atoms with Crippen molar-refractivity contribution in [3.05, 3.63) is 35.4 Å². The summed E-state index contributed by atoms with van der Waals surface area (Å²) in [5.41, 5.74) is 2.51. The number of amides is 1. The first-order chi connectivity index (χ1) is 11.0. The number of likely N-dealkylation sites (tertiary alicyclic amines) is 1. The first-order valence-electron chi connectivity index (χ1n) is 8.73. The average Bonchev–Trinajstić information content (AvgIpc) is 2.68. The summed E-state index contributed by atoms with van der Waals surface area (Å²) < 4.78 is 5.68. The zero-order chi connectivity index (χ0) is 16.4. The van der Waals surface area contributed by atoms with E-state index in [2.05, 4.69) is 43.0 Å². The highest BCUT2D eigenvalue weighted by atomic mass is 16.6. The van der Waals surface area contributed by atoms with Crippen LogP contribution in [-0.4, -0.2) is 48.2 Å². The van der Waals surface area contributed by atoms with E-state index in [1.165, 1.54) is 11.1 Å². The molecule has 2 fully saturated rings. The maximum absolute atomic E-state index is 11.7. The Morgan fingerprint density at radius 3 is 2.52 bits per heavy atom. The number of rotatable bonds is 3. The quantitative estimate of drug-likeness (QED) is 0.854. The van der Waals surface area contributed by atoms with Crippen LogP contribution in [0.2, 0.25) is 0 Å². The van der Waals surface area contributed by atoms with Gasteiger partial charge in [-0.15, -0.1) is 0 Å². The van der Waals surface area contributed by atoms with Gasteiger partial charge in [0.2, 0.25) is 0 Å². The van der Waals surface area contributed by atoms with E-state index in [1.807, 2.05) is 7.05 Å². The van der Waals surface area contributed by atoms with Crippen LogP contribution in [0.3, 0.4) is 0 Å². The molecule has 1 unspecified atom stereocenters. The molecule has 23 heavy (non-hydrogen) atoms. The summed E-state index contributed by atoms with van der Waals surface area (Å²) in [5, 5.41) is 0. The van der Waals surface area contributed by atoms with E-state index in [1.54, 1.807) is 4.90 Å². The molecule has 1 amide bonds. The van der Waals surface area contributed by atoms with E-state index in [-0.39, 0.29) is 11.7 Å². The lowest BCUT2D eigenvalue weighted by Gasteiger charge is -2.25. The summed E-state index contributed by atoms with van der Waals surface area (Å²) in [7, 11) is 1.83. The molecular weight excluding hydrogens is 288 g/mol. The van der Waals surface area contributed by atoms with Crippen LogP contribution in [0.15, 0.2) is 24.3 Å². The number of likely N-dealkylation sites (N-methyl/N-ethyl adjacent to an activating group) is 1. The van der Waals surface area contributed by atoms with E-state index in [0.29, 0.717) is 5.92 Å². The molecule has 2 aliphatic rings. The van der Waals surface area contributed by atoms with Crippen molar-refractivity contribution in [1.82, 2.24) is 9.80 Å². The van der Waals surface area contributed by atoms with Crippen molar-refractivity contribution in [2.75, 3.05) is 26.7 Å². The maximum Gasteiger partial charge on any atom is 0.410 e. The van der Waals surface area contributed by atoms with Crippen LogP contribution in [0.25, 0.3) is 0 Å². The van der Waals surface area contributed by atoms with Gasteiger partial charge in [-0.2, -0.15) is 0 Å². The van der Waals surface area contributed by atoms with E-state index < -0.39 is 0 Å². The molecule has 0 saturated carbocycles. The topological polar surface area (TPSA) is 32.8 Å². The van der Waals surface area contributed by atoms with Crippen LogP contribution < -0.4 is 0 Å². The Morgan fingerprint density at radius 2 is 1.91 bits per heavy atom. The van der Waals surface area contributed by atoms with Crippen LogP contribution >= 0.6 is 0 Å². The predicted molar refractivity (Wildman–Crippen MR) is 91.5 cm³/mol. The van der Waals surface area contributed by atoms with Crippen LogP contribution in [0.1, 0.15) is 50.2 Å². The second-order valence-corrected chi connectivity index (χ2v) is 7.43. The van der Waals surface area contributed by atoms with Crippen LogP contribution in [0, 0.1) is 0 Å². The normalized spacial score (nSPS) is 25.9. The number of hydrogen-bond acceptors (Lipinski definition) is 3. The summed E-state index contributed by atoms with van der Waals surface area (Å²) in [4.78, 5) is 15.9. The van der Waals surface area contributed by atoms with Crippen molar-refractivity contribution in [3.8, 4) is 0 Å². The van der Waals surface area contributed by atoms with Gasteiger partial charge in [-0.3, -0.25) is 4.90 Å². The van der Waals surface area contributed by atoms with Gasteiger partial charge in [0.05, 0.1) is 6.54 Å². The van der Waals surface area contributed by atoms with Gasteiger partial charge >= 0.3 is 6.09 Å². The summed E-state index contributed by atoms with van der Waals surface area (Å²) in [6, 6.07) is 8.98. The van der Waals surface area contributed by atoms with Gasteiger partial charge in [0.15, 0.2) is 0 Å². The molecule has 3 rings (SSSR count). The number of benzene rings is 1. The molecule has 2 heterocycles. The highest BCUT2D eigenvalue weighted by Gasteiger charge is 2.44. The van der Waals surface area contributed by atoms with Gasteiger partial charge in [-0.25, -0.2) is 4.79 Å². The molecule has 0 aliphatic carbocycles. The Hall–Kier alpha value is -1.55. The van der Waals surface area contributed by atoms with Crippen molar-refractivity contribution in [2.24, 2.45) is 0 Å². The molecule has 126 valence electrons. The van der Waals surface area contributed by atoms with Gasteiger partial charge in [-0.05, 0) is 36.4 Å². The zero-order valence-corrected chi connectivity index (χ0v) is 14.5. The molecule has 0 bridgehead atoms. The Labute approximate surface area is 139 Å². The lowest BCUT2D eigenvalue weighted by atomic mass is 9.95. The fourth-order valence-electron chi connectivity index (χ4n) is 3.70. The molecule has 1 aromatic rings. The maximum atomic E-state index is 11.7. The van der Waals surface area contributed by atoms with Crippen molar-refractivity contribution < 1.29 is 9.53 Å². The number of ether oxygens (including phenoxy) is 1. The predicted octanol–water partition coefficient (Wildman–Crippen LogP) is 3.62. The smallest absolute Gasteiger partial charge is 0.410 e. The molecule has 1 spiro atoms. The highest BCUT2D eigenvalue weighted by Crippen LogP contribution is 2.32. The van der Waals surface area contributed by atoms with Gasteiger partial charge in [-0.1, -0.05) is 38.1 Å². The average molecular weight is 316 g/mol. The number of carbonyl (C=O) groups is 1. The molecule has 2 aliphatic heterocycles. The zero-order valence-electron chi connectivity index (χ0n) is 14.5.